The zero-order chi connectivity index (χ0) is 16.9. The number of rotatable bonds is 5. The second-order valence-electron chi connectivity index (χ2n) is 4.51. The Labute approximate surface area is 133 Å². The van der Waals surface area contributed by atoms with E-state index in [1.807, 2.05) is 0 Å². The van der Waals surface area contributed by atoms with Crippen LogP contribution in [0.5, 0.6) is 5.75 Å². The molecule has 3 N–H and O–H groups in total. The number of nitrogens with one attached hydrogen (secondary N) is 1. The lowest BCUT2D eigenvalue weighted by Gasteiger charge is -2.05. The quantitative estimate of drug-likeness (QED) is 0.630. The molecule has 0 bridgehead atoms. The van der Waals surface area contributed by atoms with Crippen molar-refractivity contribution < 1.29 is 17.9 Å². The van der Waals surface area contributed by atoms with Crippen LogP contribution in [0.15, 0.2) is 58.5 Å². The molecule has 0 atom stereocenters. The van der Waals surface area contributed by atoms with Crippen LogP contribution < -0.4 is 15.3 Å². The summed E-state index contributed by atoms with van der Waals surface area (Å²) < 4.78 is 28.0. The fourth-order valence-corrected chi connectivity index (χ4v) is 2.55. The van der Waals surface area contributed by atoms with Crippen molar-refractivity contribution in [2.45, 2.75) is 4.90 Å². The van der Waals surface area contributed by atoms with Gasteiger partial charge in [0.25, 0.3) is 5.91 Å². The van der Waals surface area contributed by atoms with Crippen molar-refractivity contribution in [3.8, 4) is 5.75 Å². The largest absolute Gasteiger partial charge is 0.497 e. The van der Waals surface area contributed by atoms with E-state index in [-0.39, 0.29) is 10.5 Å². The number of primary sulfonamides is 1. The van der Waals surface area contributed by atoms with Crippen molar-refractivity contribution in [1.82, 2.24) is 5.43 Å². The van der Waals surface area contributed by atoms with Gasteiger partial charge < -0.3 is 4.74 Å². The van der Waals surface area contributed by atoms with Gasteiger partial charge >= 0.3 is 0 Å². The van der Waals surface area contributed by atoms with Gasteiger partial charge in [0, 0.05) is 0 Å². The molecule has 23 heavy (non-hydrogen) atoms. The molecule has 0 saturated heterocycles. The molecule has 7 nitrogen and oxygen atoms in total. The second kappa shape index (κ2) is 7.03. The van der Waals surface area contributed by atoms with Gasteiger partial charge in [0.1, 0.15) is 5.75 Å². The third kappa shape index (κ3) is 4.38. The van der Waals surface area contributed by atoms with E-state index in [0.717, 1.165) is 5.56 Å². The molecule has 0 aliphatic carbocycles. The fraction of sp³-hybridized carbons (Fsp3) is 0.0667. The van der Waals surface area contributed by atoms with Crippen LogP contribution in [0.2, 0.25) is 0 Å². The number of methoxy groups -OCH3 is 1. The van der Waals surface area contributed by atoms with Gasteiger partial charge in [0.2, 0.25) is 10.0 Å². The number of amides is 1. The van der Waals surface area contributed by atoms with E-state index in [1.165, 1.54) is 30.5 Å². The highest BCUT2D eigenvalue weighted by molar-refractivity contribution is 7.89. The minimum Gasteiger partial charge on any atom is -0.497 e. The van der Waals surface area contributed by atoms with E-state index >= 15 is 0 Å². The van der Waals surface area contributed by atoms with Crippen LogP contribution in [-0.2, 0) is 10.0 Å². The van der Waals surface area contributed by atoms with Crippen LogP contribution in [0.25, 0.3) is 0 Å². The Kier molecular flexibility index (Phi) is 5.09. The van der Waals surface area contributed by atoms with Crippen LogP contribution in [-0.4, -0.2) is 27.6 Å². The first-order valence-electron chi connectivity index (χ1n) is 6.51. The van der Waals surface area contributed by atoms with Crippen LogP contribution >= 0.6 is 0 Å². The standard InChI is InChI=1S/C15H15N3O4S/c1-22-12-8-6-11(7-9-12)10-17-18-15(19)13-4-2-3-5-14(13)23(16,20)21/h2-10H,1H3,(H,18,19)(H2,16,20,21)/b17-10+. The summed E-state index contributed by atoms with van der Waals surface area (Å²) in [5.74, 6) is 0.0349. The predicted molar refractivity (Wildman–Crippen MR) is 85.9 cm³/mol. The Morgan fingerprint density at radius 2 is 1.83 bits per heavy atom. The molecule has 0 radical (unpaired) electrons. The van der Waals surface area contributed by atoms with Crippen LogP contribution in [0.3, 0.4) is 0 Å². The van der Waals surface area contributed by atoms with E-state index in [9.17, 15) is 13.2 Å². The average Bonchev–Trinajstić information content (AvgIpc) is 2.54. The van der Waals surface area contributed by atoms with Crippen molar-refractivity contribution in [1.29, 1.82) is 0 Å². The third-order valence-electron chi connectivity index (χ3n) is 2.93. The molecule has 0 saturated carbocycles. The first kappa shape index (κ1) is 16.7. The fourth-order valence-electron chi connectivity index (χ4n) is 1.82. The lowest BCUT2D eigenvalue weighted by Crippen LogP contribution is -2.23. The number of sulfonamides is 1. The van der Waals surface area contributed by atoms with Crippen molar-refractivity contribution in [3.05, 3.63) is 59.7 Å². The molecule has 0 aliphatic heterocycles. The first-order valence-corrected chi connectivity index (χ1v) is 8.06. The maximum atomic E-state index is 12.0. The van der Waals surface area contributed by atoms with E-state index in [0.29, 0.717) is 5.75 Å². The Morgan fingerprint density at radius 3 is 2.43 bits per heavy atom. The summed E-state index contributed by atoms with van der Waals surface area (Å²) in [5, 5.41) is 8.88. The smallest absolute Gasteiger partial charge is 0.272 e. The van der Waals surface area contributed by atoms with Crippen molar-refractivity contribution >= 4 is 22.1 Å². The zero-order valence-corrected chi connectivity index (χ0v) is 13.1. The summed E-state index contributed by atoms with van der Waals surface area (Å²) >= 11 is 0. The number of hydrogen-bond acceptors (Lipinski definition) is 5. The molecule has 2 aromatic rings. The number of nitrogens with zero attached hydrogens (tertiary/aromatic N) is 1. The number of benzene rings is 2. The minimum absolute atomic E-state index is 0.0677. The van der Waals surface area contributed by atoms with Crippen LogP contribution in [0.1, 0.15) is 15.9 Å². The molecule has 2 rings (SSSR count). The molecule has 0 fully saturated rings. The van der Waals surface area contributed by atoms with Gasteiger partial charge in [-0.1, -0.05) is 12.1 Å². The minimum atomic E-state index is -3.99. The molecule has 0 spiro atoms. The molecule has 0 heterocycles. The SMILES string of the molecule is COc1ccc(/C=N/NC(=O)c2ccccc2S(N)(=O)=O)cc1. The Bertz CT molecular complexity index is 830. The van der Waals surface area contributed by atoms with Gasteiger partial charge in [-0.2, -0.15) is 5.10 Å². The maximum Gasteiger partial charge on any atom is 0.272 e. The van der Waals surface area contributed by atoms with Gasteiger partial charge in [-0.3, -0.25) is 4.79 Å². The van der Waals surface area contributed by atoms with Gasteiger partial charge in [-0.15, -0.1) is 0 Å². The van der Waals surface area contributed by atoms with E-state index in [4.69, 9.17) is 9.88 Å². The normalized spacial score (nSPS) is 11.4. The summed E-state index contributed by atoms with van der Waals surface area (Å²) in [6.45, 7) is 0. The Morgan fingerprint density at radius 1 is 1.17 bits per heavy atom. The predicted octanol–water partition coefficient (Wildman–Crippen LogP) is 1.11. The first-order chi connectivity index (χ1) is 10.9. The number of hydrogen-bond donors (Lipinski definition) is 2. The molecule has 1 amide bonds. The summed E-state index contributed by atoms with van der Waals surface area (Å²) in [5.41, 5.74) is 2.94. The number of ether oxygens (including phenoxy) is 1. The van der Waals surface area contributed by atoms with Crippen LogP contribution in [0.4, 0.5) is 0 Å². The molecule has 8 heteroatoms. The van der Waals surface area contributed by atoms with Gasteiger partial charge in [0.15, 0.2) is 0 Å². The van der Waals surface area contributed by atoms with Gasteiger partial charge in [-0.25, -0.2) is 19.0 Å². The summed E-state index contributed by atoms with van der Waals surface area (Å²) in [4.78, 5) is 11.8. The zero-order valence-electron chi connectivity index (χ0n) is 12.3. The molecule has 0 aliphatic rings. The highest BCUT2D eigenvalue weighted by atomic mass is 32.2. The summed E-state index contributed by atoms with van der Waals surface area (Å²) in [6, 6.07) is 12.7. The van der Waals surface area contributed by atoms with E-state index in [1.54, 1.807) is 31.4 Å². The maximum absolute atomic E-state index is 12.0. The van der Waals surface area contributed by atoms with Gasteiger partial charge in [0.05, 0.1) is 23.8 Å². The van der Waals surface area contributed by atoms with Crippen molar-refractivity contribution in [2.24, 2.45) is 10.2 Å². The molecular weight excluding hydrogens is 318 g/mol. The monoisotopic (exact) mass is 333 g/mol. The third-order valence-corrected chi connectivity index (χ3v) is 3.90. The lowest BCUT2D eigenvalue weighted by atomic mass is 10.2. The highest BCUT2D eigenvalue weighted by Gasteiger charge is 2.18. The average molecular weight is 333 g/mol. The second-order valence-corrected chi connectivity index (χ2v) is 6.04. The number of carbonyl (C=O) groups is 1. The van der Waals surface area contributed by atoms with E-state index < -0.39 is 15.9 Å². The number of hydrazone groups is 1. The number of nitrogens with two attached hydrogens (primary N) is 1. The summed E-state index contributed by atoms with van der Waals surface area (Å²) in [7, 11) is -2.43. The highest BCUT2D eigenvalue weighted by Crippen LogP contribution is 2.13. The molecular formula is C15H15N3O4S. The Balaban J connectivity index is 2.12. The Hall–Kier alpha value is -2.71. The van der Waals surface area contributed by atoms with Crippen molar-refractivity contribution in [2.75, 3.05) is 7.11 Å². The lowest BCUT2D eigenvalue weighted by molar-refractivity contribution is 0.0952. The topological polar surface area (TPSA) is 111 Å². The molecule has 2 aromatic carbocycles. The van der Waals surface area contributed by atoms with Crippen molar-refractivity contribution in [3.63, 3.8) is 0 Å². The van der Waals surface area contributed by atoms with Gasteiger partial charge in [-0.05, 0) is 42.0 Å². The van der Waals surface area contributed by atoms with E-state index in [2.05, 4.69) is 10.5 Å². The molecule has 120 valence electrons. The van der Waals surface area contributed by atoms with Crippen LogP contribution in [0, 0.1) is 0 Å². The molecule has 0 unspecified atom stereocenters. The number of carbonyl (C=O) groups excluding carboxylic acids is 1. The molecule has 0 aromatic heterocycles. The summed E-state index contributed by atoms with van der Waals surface area (Å²) in [6.07, 6.45) is 1.43.